The van der Waals surface area contributed by atoms with Gasteiger partial charge in [0, 0.05) is 12.6 Å². The van der Waals surface area contributed by atoms with Gasteiger partial charge in [-0.05, 0) is 41.7 Å². The zero-order valence-electron chi connectivity index (χ0n) is 18.0. The number of nitrogens with two attached hydrogens (primary N) is 1. The first-order valence-corrected chi connectivity index (χ1v) is 10.7. The van der Waals surface area contributed by atoms with Gasteiger partial charge in [-0.2, -0.15) is 5.26 Å². The highest BCUT2D eigenvalue weighted by atomic mass is 19.1. The Morgan fingerprint density at radius 1 is 1.12 bits per heavy atom. The zero-order chi connectivity index (χ0) is 24.0. The smallest absolute Gasteiger partial charge is 0.415 e. The summed E-state index contributed by atoms with van der Waals surface area (Å²) in [6, 6.07) is 11.9. The van der Waals surface area contributed by atoms with Crippen LogP contribution in [0.25, 0.3) is 11.1 Å². The van der Waals surface area contributed by atoms with E-state index in [0.717, 1.165) is 24.2 Å². The molecule has 0 aromatic heterocycles. The number of amides is 4. The van der Waals surface area contributed by atoms with Gasteiger partial charge in [-0.1, -0.05) is 49.6 Å². The Morgan fingerprint density at radius 3 is 2.30 bits per heavy atom. The number of nitriles is 1. The number of rotatable bonds is 6. The molecule has 1 saturated carbocycles. The van der Waals surface area contributed by atoms with Crippen molar-refractivity contribution < 1.29 is 23.9 Å². The van der Waals surface area contributed by atoms with Crippen LogP contribution in [0.2, 0.25) is 0 Å². The first-order valence-electron chi connectivity index (χ1n) is 10.7. The summed E-state index contributed by atoms with van der Waals surface area (Å²) in [5, 5.41) is 21.6. The quantitative estimate of drug-likeness (QED) is 0.603. The summed E-state index contributed by atoms with van der Waals surface area (Å²) < 4.78 is 14.1. The van der Waals surface area contributed by atoms with E-state index in [9.17, 15) is 29.1 Å². The van der Waals surface area contributed by atoms with Gasteiger partial charge in [0.2, 0.25) is 0 Å². The highest BCUT2D eigenvalue weighted by molar-refractivity contribution is 5.93. The summed E-state index contributed by atoms with van der Waals surface area (Å²) in [7, 11) is 0. The van der Waals surface area contributed by atoms with E-state index in [1.807, 2.05) is 0 Å². The lowest BCUT2D eigenvalue weighted by Gasteiger charge is -2.30. The third kappa shape index (κ3) is 5.66. The van der Waals surface area contributed by atoms with Crippen molar-refractivity contribution in [2.24, 2.45) is 5.73 Å². The van der Waals surface area contributed by atoms with E-state index in [1.165, 1.54) is 12.1 Å². The molecule has 3 rings (SSSR count). The first-order chi connectivity index (χ1) is 15.8. The van der Waals surface area contributed by atoms with Crippen LogP contribution in [0.1, 0.15) is 53.9 Å². The number of hydrogen-bond acceptors (Lipinski definition) is 4. The van der Waals surface area contributed by atoms with Crippen LogP contribution in [-0.4, -0.2) is 40.6 Å². The van der Waals surface area contributed by atoms with Gasteiger partial charge < -0.3 is 16.2 Å². The largest absolute Gasteiger partial charge is 0.465 e. The number of benzene rings is 2. The minimum atomic E-state index is -1.30. The standard InChI is InChI=1S/C24H25FN4O4/c25-21-12-17(10-11-20(21)22(27)30)15-6-8-16(9-7-15)18(13-26)14-28-23(31)29(24(32)33)19-4-2-1-3-5-19/h6-12,18-19H,1-5,14H2,(H2,27,30)(H,28,31)(H,32,33). The van der Waals surface area contributed by atoms with E-state index in [-0.39, 0.29) is 18.2 Å². The van der Waals surface area contributed by atoms with Crippen LogP contribution in [0.15, 0.2) is 42.5 Å². The molecule has 0 bridgehead atoms. The average molecular weight is 452 g/mol. The van der Waals surface area contributed by atoms with E-state index in [2.05, 4.69) is 11.4 Å². The Balaban J connectivity index is 1.67. The number of nitrogens with one attached hydrogen (secondary N) is 1. The Hall–Kier alpha value is -3.93. The number of nitrogens with zero attached hydrogens (tertiary/aromatic N) is 2. The summed E-state index contributed by atoms with van der Waals surface area (Å²) in [6.45, 7) is -0.0485. The number of imide groups is 1. The number of primary amides is 1. The maximum Gasteiger partial charge on any atom is 0.415 e. The minimum Gasteiger partial charge on any atom is -0.465 e. The molecule has 0 aliphatic heterocycles. The summed E-state index contributed by atoms with van der Waals surface area (Å²) in [5.74, 6) is -2.26. The van der Waals surface area contributed by atoms with Crippen LogP contribution in [-0.2, 0) is 0 Å². The molecule has 1 aliphatic rings. The maximum atomic E-state index is 14.1. The van der Waals surface area contributed by atoms with Crippen molar-refractivity contribution in [1.82, 2.24) is 10.2 Å². The second-order valence-corrected chi connectivity index (χ2v) is 7.99. The van der Waals surface area contributed by atoms with Crippen LogP contribution in [0.5, 0.6) is 0 Å². The fraction of sp³-hybridized carbons (Fsp3) is 0.333. The molecule has 1 unspecified atom stereocenters. The molecule has 2 aromatic rings. The molecule has 0 spiro atoms. The van der Waals surface area contributed by atoms with Crippen molar-refractivity contribution in [3.05, 3.63) is 59.4 Å². The molecule has 2 aromatic carbocycles. The van der Waals surface area contributed by atoms with Gasteiger partial charge in [0.25, 0.3) is 5.91 Å². The summed E-state index contributed by atoms with van der Waals surface area (Å²) in [6.07, 6.45) is 2.77. The molecule has 4 amide bonds. The van der Waals surface area contributed by atoms with E-state index in [0.29, 0.717) is 29.5 Å². The minimum absolute atomic E-state index is 0.0485. The van der Waals surface area contributed by atoms with Gasteiger partial charge in [0.15, 0.2) is 0 Å². The van der Waals surface area contributed by atoms with Gasteiger partial charge in [-0.15, -0.1) is 0 Å². The van der Waals surface area contributed by atoms with Crippen molar-refractivity contribution >= 4 is 18.0 Å². The van der Waals surface area contributed by atoms with Gasteiger partial charge in [-0.3, -0.25) is 4.79 Å². The fourth-order valence-corrected chi connectivity index (χ4v) is 4.06. The molecule has 8 nitrogen and oxygen atoms in total. The van der Waals surface area contributed by atoms with Crippen molar-refractivity contribution in [2.75, 3.05) is 6.54 Å². The van der Waals surface area contributed by atoms with Gasteiger partial charge in [-0.25, -0.2) is 18.9 Å². The maximum absolute atomic E-state index is 14.1. The number of carboxylic acid groups (broad SMARTS) is 1. The number of carbonyl (C=O) groups is 3. The molecule has 0 heterocycles. The monoisotopic (exact) mass is 452 g/mol. The van der Waals surface area contributed by atoms with Gasteiger partial charge in [0.1, 0.15) is 5.82 Å². The second-order valence-electron chi connectivity index (χ2n) is 7.99. The lowest BCUT2D eigenvalue weighted by atomic mass is 9.94. The SMILES string of the molecule is N#CC(CNC(=O)N(C(=O)O)C1CCCCC1)c1ccc(-c2ccc(C(N)=O)c(F)c2)cc1. The number of hydrogen-bond donors (Lipinski definition) is 3. The van der Waals surface area contributed by atoms with Crippen LogP contribution in [0.3, 0.4) is 0 Å². The molecule has 1 aliphatic carbocycles. The average Bonchev–Trinajstić information content (AvgIpc) is 2.80. The molecular formula is C24H25FN4O4. The van der Waals surface area contributed by atoms with Crippen molar-refractivity contribution in [3.8, 4) is 17.2 Å². The van der Waals surface area contributed by atoms with E-state index in [1.54, 1.807) is 30.3 Å². The van der Waals surface area contributed by atoms with Gasteiger partial charge >= 0.3 is 12.1 Å². The topological polar surface area (TPSA) is 137 Å². The van der Waals surface area contributed by atoms with E-state index >= 15 is 0 Å². The Bertz CT molecular complexity index is 1070. The van der Waals surface area contributed by atoms with Crippen molar-refractivity contribution in [3.63, 3.8) is 0 Å². The number of carbonyl (C=O) groups excluding carboxylic acids is 2. The summed E-state index contributed by atoms with van der Waals surface area (Å²) >= 11 is 0. The second kappa shape index (κ2) is 10.6. The zero-order valence-corrected chi connectivity index (χ0v) is 18.0. The molecule has 9 heteroatoms. The summed E-state index contributed by atoms with van der Waals surface area (Å²) in [4.78, 5) is 36.2. The molecule has 0 saturated heterocycles. The van der Waals surface area contributed by atoms with Crippen LogP contribution in [0.4, 0.5) is 14.0 Å². The fourth-order valence-electron chi connectivity index (χ4n) is 4.06. The molecule has 33 heavy (non-hydrogen) atoms. The highest BCUT2D eigenvalue weighted by Gasteiger charge is 2.31. The number of urea groups is 1. The molecule has 172 valence electrons. The molecule has 1 fully saturated rings. The normalized spacial score (nSPS) is 14.7. The van der Waals surface area contributed by atoms with Crippen LogP contribution < -0.4 is 11.1 Å². The van der Waals surface area contributed by atoms with Crippen molar-refractivity contribution in [2.45, 2.75) is 44.1 Å². The predicted molar refractivity (Wildman–Crippen MR) is 119 cm³/mol. The molecular weight excluding hydrogens is 427 g/mol. The third-order valence-corrected chi connectivity index (χ3v) is 5.86. The lowest BCUT2D eigenvalue weighted by molar-refractivity contribution is 0.0996. The predicted octanol–water partition coefficient (Wildman–Crippen LogP) is 4.22. The van der Waals surface area contributed by atoms with E-state index in [4.69, 9.17) is 5.73 Å². The van der Waals surface area contributed by atoms with Crippen LogP contribution in [0, 0.1) is 17.1 Å². The van der Waals surface area contributed by atoms with Crippen molar-refractivity contribution in [1.29, 1.82) is 5.26 Å². The number of halogens is 1. The van der Waals surface area contributed by atoms with Gasteiger partial charge in [0.05, 0.1) is 17.6 Å². The summed E-state index contributed by atoms with van der Waals surface area (Å²) in [5.41, 5.74) is 6.76. The molecule has 1 atom stereocenters. The Labute approximate surface area is 190 Å². The Kier molecular flexibility index (Phi) is 7.61. The highest BCUT2D eigenvalue weighted by Crippen LogP contribution is 2.25. The van der Waals surface area contributed by atoms with E-state index < -0.39 is 29.8 Å². The lowest BCUT2D eigenvalue weighted by Crippen LogP contribution is -2.50. The van der Waals surface area contributed by atoms with Crippen LogP contribution >= 0.6 is 0 Å². The molecule has 4 N–H and O–H groups in total. The molecule has 0 radical (unpaired) electrons. The first kappa shape index (κ1) is 23.7. The third-order valence-electron chi connectivity index (χ3n) is 5.86. The Morgan fingerprint density at radius 2 is 1.76 bits per heavy atom.